The number of piperazine rings is 1. The van der Waals surface area contributed by atoms with E-state index in [2.05, 4.69) is 25.5 Å². The molecule has 0 saturated carbocycles. The third-order valence-electron chi connectivity index (χ3n) is 5.87. The van der Waals surface area contributed by atoms with Crippen molar-refractivity contribution in [3.63, 3.8) is 0 Å². The molecule has 0 aliphatic carbocycles. The van der Waals surface area contributed by atoms with Gasteiger partial charge in [0.1, 0.15) is 46.6 Å². The number of thiazole rings is 1. The minimum Gasteiger partial charge on any atom is -0.489 e. The Labute approximate surface area is 224 Å². The van der Waals surface area contributed by atoms with Crippen LogP contribution in [-0.4, -0.2) is 64.4 Å². The van der Waals surface area contributed by atoms with Crippen LogP contribution in [-0.2, 0) is 10.1 Å². The van der Waals surface area contributed by atoms with Gasteiger partial charge in [-0.3, -0.25) is 14.3 Å². The maximum absolute atomic E-state index is 13.2. The summed E-state index contributed by atoms with van der Waals surface area (Å²) in [6, 6.07) is 7.35. The molecule has 4 aromatic rings. The molecule has 188 valence electrons. The summed E-state index contributed by atoms with van der Waals surface area (Å²) in [6.07, 6.45) is 3.36. The van der Waals surface area contributed by atoms with Crippen molar-refractivity contribution in [1.82, 2.24) is 24.4 Å². The van der Waals surface area contributed by atoms with Gasteiger partial charge in [-0.15, -0.1) is 11.3 Å². The molecule has 1 aromatic carbocycles. The van der Waals surface area contributed by atoms with Crippen molar-refractivity contribution in [3.05, 3.63) is 58.2 Å². The Morgan fingerprint density at radius 2 is 2.08 bits per heavy atom. The number of nitrogens with zero attached hydrogens (tertiary/aromatic N) is 5. The van der Waals surface area contributed by atoms with Crippen LogP contribution in [0.25, 0.3) is 16.2 Å². The topological polar surface area (TPSA) is 116 Å². The average molecular weight is 621 g/mol. The molecule has 0 unspecified atom stereocenters. The summed E-state index contributed by atoms with van der Waals surface area (Å²) in [5, 5.41) is 8.31. The second kappa shape index (κ2) is 10.9. The van der Waals surface area contributed by atoms with Crippen molar-refractivity contribution in [2.45, 2.75) is 0 Å². The minimum atomic E-state index is -0.363. The van der Waals surface area contributed by atoms with Crippen molar-refractivity contribution in [2.24, 2.45) is 7.05 Å². The monoisotopic (exact) mass is 621 g/mol. The van der Waals surface area contributed by atoms with Gasteiger partial charge in [-0.2, -0.15) is 0 Å². The smallest absolute Gasteiger partial charge is 0.335 e. The second-order valence-corrected chi connectivity index (χ2v) is 9.52. The van der Waals surface area contributed by atoms with Gasteiger partial charge in [0.25, 0.3) is 5.91 Å². The number of hydrogen-bond acceptors (Lipinski definition) is 9. The third kappa shape index (κ3) is 4.83. The van der Waals surface area contributed by atoms with Gasteiger partial charge in [0, 0.05) is 44.8 Å². The van der Waals surface area contributed by atoms with E-state index in [0.29, 0.717) is 40.8 Å². The van der Waals surface area contributed by atoms with E-state index < -0.39 is 0 Å². The van der Waals surface area contributed by atoms with Crippen LogP contribution in [0.15, 0.2) is 46.8 Å². The number of amides is 1. The first-order valence-electron chi connectivity index (χ1n) is 11.3. The molecule has 1 saturated heterocycles. The summed E-state index contributed by atoms with van der Waals surface area (Å²) in [5.74, 6) is 0.212. The molecule has 5 rings (SSSR count). The SMILES string of the molecule is Cn1c(=O)n(-c2nc(C(=O)Nc3cnccc3N3CCNCC3)cs2)c2cccc(OCCOI)c21. The molecular formula is C23H24IN7O4S. The normalized spacial score (nSPS) is 13.8. The number of halogens is 1. The minimum absolute atomic E-state index is 0.223. The molecule has 11 nitrogen and oxygen atoms in total. The van der Waals surface area contributed by atoms with Crippen LogP contribution >= 0.6 is 34.3 Å². The van der Waals surface area contributed by atoms with Crippen molar-refractivity contribution in [2.75, 3.05) is 49.6 Å². The molecule has 1 amide bonds. The van der Waals surface area contributed by atoms with E-state index in [-0.39, 0.29) is 17.3 Å². The van der Waals surface area contributed by atoms with Crippen LogP contribution in [0.5, 0.6) is 5.75 Å². The Balaban J connectivity index is 1.42. The number of benzene rings is 1. The molecule has 1 fully saturated rings. The van der Waals surface area contributed by atoms with Crippen LogP contribution in [0.2, 0.25) is 0 Å². The Hall–Kier alpha value is -3.01. The molecule has 0 radical (unpaired) electrons. The van der Waals surface area contributed by atoms with E-state index in [1.807, 2.05) is 47.3 Å². The lowest BCUT2D eigenvalue weighted by Gasteiger charge is -2.30. The Morgan fingerprint density at radius 1 is 1.25 bits per heavy atom. The number of carbonyl (C=O) groups excluding carboxylic acids is 1. The van der Waals surface area contributed by atoms with Crippen molar-refractivity contribution in [3.8, 4) is 10.9 Å². The number of carbonyl (C=O) groups is 1. The lowest BCUT2D eigenvalue weighted by Crippen LogP contribution is -2.43. The maximum atomic E-state index is 13.2. The second-order valence-electron chi connectivity index (χ2n) is 8.06. The molecule has 2 N–H and O–H groups in total. The summed E-state index contributed by atoms with van der Waals surface area (Å²) in [5.41, 5.74) is 2.78. The van der Waals surface area contributed by atoms with Crippen LogP contribution in [0.4, 0.5) is 11.4 Å². The largest absolute Gasteiger partial charge is 0.489 e. The van der Waals surface area contributed by atoms with Gasteiger partial charge < -0.3 is 23.3 Å². The molecule has 0 bridgehead atoms. The van der Waals surface area contributed by atoms with Crippen LogP contribution < -0.4 is 26.0 Å². The molecule has 4 heterocycles. The molecular weight excluding hydrogens is 597 g/mol. The predicted molar refractivity (Wildman–Crippen MR) is 147 cm³/mol. The van der Waals surface area contributed by atoms with E-state index in [0.717, 1.165) is 31.9 Å². The van der Waals surface area contributed by atoms with Crippen LogP contribution in [0.1, 0.15) is 10.5 Å². The quantitative estimate of drug-likeness (QED) is 0.228. The Kier molecular flexibility index (Phi) is 7.50. The number of ether oxygens (including phenoxy) is 1. The van der Waals surface area contributed by atoms with E-state index in [1.54, 1.807) is 24.8 Å². The highest BCUT2D eigenvalue weighted by atomic mass is 127. The van der Waals surface area contributed by atoms with Crippen LogP contribution in [0, 0.1) is 0 Å². The fraction of sp³-hybridized carbons (Fsp3) is 0.304. The maximum Gasteiger partial charge on any atom is 0.335 e. The summed E-state index contributed by atoms with van der Waals surface area (Å²) in [6.45, 7) is 4.22. The van der Waals surface area contributed by atoms with E-state index >= 15 is 0 Å². The van der Waals surface area contributed by atoms with Crippen molar-refractivity contribution in [1.29, 1.82) is 0 Å². The van der Waals surface area contributed by atoms with Gasteiger partial charge in [-0.25, -0.2) is 14.3 Å². The lowest BCUT2D eigenvalue weighted by molar-refractivity contribution is 0.102. The third-order valence-corrected chi connectivity index (χ3v) is 7.14. The predicted octanol–water partition coefficient (Wildman–Crippen LogP) is 2.59. The van der Waals surface area contributed by atoms with Gasteiger partial charge in [0.05, 0.1) is 29.7 Å². The number of nitrogens with one attached hydrogen (secondary N) is 2. The van der Waals surface area contributed by atoms with Gasteiger partial charge in [0.2, 0.25) is 0 Å². The van der Waals surface area contributed by atoms with Gasteiger partial charge >= 0.3 is 5.69 Å². The number of aromatic nitrogens is 4. The zero-order valence-electron chi connectivity index (χ0n) is 19.4. The first-order valence-corrected chi connectivity index (χ1v) is 13.1. The summed E-state index contributed by atoms with van der Waals surface area (Å²) >= 11 is 3.04. The summed E-state index contributed by atoms with van der Waals surface area (Å²) in [7, 11) is 1.68. The molecule has 1 aliphatic heterocycles. The van der Waals surface area contributed by atoms with Crippen molar-refractivity contribution < 1.29 is 12.6 Å². The molecule has 1 aliphatic rings. The Morgan fingerprint density at radius 3 is 2.89 bits per heavy atom. The number of anilines is 2. The fourth-order valence-electron chi connectivity index (χ4n) is 4.18. The number of rotatable bonds is 8. The zero-order valence-corrected chi connectivity index (χ0v) is 22.4. The first-order chi connectivity index (χ1) is 17.6. The standard InChI is InChI=1S/C23H24IN7O4S/c1-29-20-18(3-2-4-19(20)34-11-12-35-24)31(23(29)33)22-28-16(14-36-22)21(32)27-15-13-26-6-5-17(15)30-9-7-25-8-10-30/h2-6,13-14,25H,7-12H2,1H3,(H,27,32). The Bertz CT molecular complexity index is 1440. The first kappa shape index (κ1) is 24.7. The number of aryl methyl sites for hydroxylation is 1. The molecule has 0 spiro atoms. The highest BCUT2D eigenvalue weighted by Crippen LogP contribution is 2.29. The zero-order chi connectivity index (χ0) is 25.1. The lowest BCUT2D eigenvalue weighted by atomic mass is 10.2. The molecule has 13 heteroatoms. The fourth-order valence-corrected chi connectivity index (χ4v) is 5.17. The van der Waals surface area contributed by atoms with E-state index in [9.17, 15) is 9.59 Å². The van der Waals surface area contributed by atoms with Gasteiger partial charge in [-0.1, -0.05) is 6.07 Å². The highest BCUT2D eigenvalue weighted by Gasteiger charge is 2.21. The van der Waals surface area contributed by atoms with Crippen molar-refractivity contribution >= 4 is 62.7 Å². The van der Waals surface area contributed by atoms with E-state index in [1.165, 1.54) is 20.5 Å². The molecule has 3 aromatic heterocycles. The number of imidazole rings is 1. The number of pyridine rings is 1. The molecule has 0 atom stereocenters. The number of fused-ring (bicyclic) bond motifs is 1. The van der Waals surface area contributed by atoms with Gasteiger partial charge in [-0.05, 0) is 18.2 Å². The number of para-hydroxylation sites is 1. The van der Waals surface area contributed by atoms with Crippen LogP contribution in [0.3, 0.4) is 0 Å². The average Bonchev–Trinajstić information content (AvgIpc) is 3.48. The summed E-state index contributed by atoms with van der Waals surface area (Å²) in [4.78, 5) is 37.1. The van der Waals surface area contributed by atoms with E-state index in [4.69, 9.17) is 7.80 Å². The highest BCUT2D eigenvalue weighted by molar-refractivity contribution is 14.1. The van der Waals surface area contributed by atoms with Gasteiger partial charge in [0.15, 0.2) is 5.13 Å². The number of hydrogen-bond donors (Lipinski definition) is 2. The summed E-state index contributed by atoms with van der Waals surface area (Å²) < 4.78 is 13.9. The molecule has 36 heavy (non-hydrogen) atoms.